The minimum atomic E-state index is -4.11. The van der Waals surface area contributed by atoms with Crippen LogP contribution in [0.25, 0.3) is 6.08 Å². The summed E-state index contributed by atoms with van der Waals surface area (Å²) in [6.07, 6.45) is 4.64. The molecule has 0 fully saturated rings. The number of aryl methyl sites for hydroxylation is 1. The fourth-order valence-electron chi connectivity index (χ4n) is 3.34. The van der Waals surface area contributed by atoms with Crippen molar-refractivity contribution in [3.8, 4) is 0 Å². The van der Waals surface area contributed by atoms with Crippen molar-refractivity contribution in [1.29, 1.82) is 0 Å². The van der Waals surface area contributed by atoms with E-state index in [-0.39, 0.29) is 6.42 Å². The monoisotopic (exact) mass is 466 g/mol. The first-order valence-corrected chi connectivity index (χ1v) is 12.0. The molecule has 0 spiro atoms. The van der Waals surface area contributed by atoms with E-state index in [0.717, 1.165) is 5.41 Å². The molecule has 1 atom stereocenters. The highest BCUT2D eigenvalue weighted by molar-refractivity contribution is 7.93. The molecule has 0 aliphatic heterocycles. The number of hydrogen-bond acceptors (Lipinski definition) is 5. The summed E-state index contributed by atoms with van der Waals surface area (Å²) in [5.41, 5.74) is 1.94. The highest BCUT2D eigenvalue weighted by Gasteiger charge is 2.33. The van der Waals surface area contributed by atoms with Crippen molar-refractivity contribution in [2.75, 3.05) is 11.4 Å². The number of amides is 2. The highest BCUT2D eigenvalue weighted by Crippen LogP contribution is 2.19. The van der Waals surface area contributed by atoms with Crippen LogP contribution in [0.3, 0.4) is 0 Å². The molecule has 2 amide bonds. The molecule has 3 aromatic rings. The molecule has 0 saturated carbocycles. The second-order valence-electron chi connectivity index (χ2n) is 7.42. The van der Waals surface area contributed by atoms with Gasteiger partial charge < -0.3 is 4.90 Å². The van der Waals surface area contributed by atoms with Crippen molar-refractivity contribution in [3.05, 3.63) is 89.6 Å². The van der Waals surface area contributed by atoms with Gasteiger partial charge in [0.15, 0.2) is 0 Å². The maximum atomic E-state index is 13.4. The Balaban J connectivity index is 1.85. The van der Waals surface area contributed by atoms with Crippen LogP contribution in [-0.4, -0.2) is 36.6 Å². The number of nitrogens with zero attached hydrogens (tertiary/aromatic N) is 3. The van der Waals surface area contributed by atoms with Crippen LogP contribution in [0.4, 0.5) is 5.69 Å². The predicted molar refractivity (Wildman–Crippen MR) is 127 cm³/mol. The first-order valence-electron chi connectivity index (χ1n) is 10.4. The number of anilines is 1. The van der Waals surface area contributed by atoms with Gasteiger partial charge in [-0.3, -0.25) is 14.3 Å². The fraction of sp³-hybridized carbons (Fsp3) is 0.208. The summed E-state index contributed by atoms with van der Waals surface area (Å²) in [6.45, 7) is 2.11. The van der Waals surface area contributed by atoms with Gasteiger partial charge in [-0.25, -0.2) is 13.1 Å². The zero-order valence-corrected chi connectivity index (χ0v) is 19.3. The van der Waals surface area contributed by atoms with Gasteiger partial charge in [0, 0.05) is 25.5 Å². The number of aromatic nitrogens is 2. The van der Waals surface area contributed by atoms with E-state index in [9.17, 15) is 18.0 Å². The lowest BCUT2D eigenvalue weighted by Crippen LogP contribution is -2.46. The smallest absolute Gasteiger partial charge is 0.257 e. The molecule has 1 N–H and O–H groups in total. The molecule has 0 aliphatic rings. The van der Waals surface area contributed by atoms with Crippen molar-refractivity contribution in [2.24, 2.45) is 13.0 Å². The van der Waals surface area contributed by atoms with Crippen molar-refractivity contribution >= 4 is 33.6 Å². The summed E-state index contributed by atoms with van der Waals surface area (Å²) in [6, 6.07) is 17.8. The quantitative estimate of drug-likeness (QED) is 0.489. The Morgan fingerprint density at radius 1 is 1.09 bits per heavy atom. The minimum absolute atomic E-state index is 0.0137. The molecular weight excluding hydrogens is 440 g/mol. The molecule has 8 nitrogen and oxygen atoms in total. The second-order valence-corrected chi connectivity index (χ2v) is 8.99. The van der Waals surface area contributed by atoms with Crippen LogP contribution in [0.5, 0.6) is 0 Å². The van der Waals surface area contributed by atoms with Gasteiger partial charge in [0.25, 0.3) is 10.0 Å². The normalized spacial score (nSPS) is 12.4. The first-order chi connectivity index (χ1) is 15.8. The second kappa shape index (κ2) is 10.7. The molecule has 0 bridgehead atoms. The topological polar surface area (TPSA) is 101 Å². The number of carbonyl (C=O) groups is 2. The molecular formula is C24H26N4O4S. The van der Waals surface area contributed by atoms with Crippen molar-refractivity contribution in [3.63, 3.8) is 0 Å². The number of sulfonamides is 1. The summed E-state index contributed by atoms with van der Waals surface area (Å²) in [5.74, 6) is -2.64. The van der Waals surface area contributed by atoms with Crippen LogP contribution >= 0.6 is 0 Å². The van der Waals surface area contributed by atoms with Gasteiger partial charge in [0.05, 0.1) is 11.6 Å². The molecule has 1 aromatic heterocycles. The van der Waals surface area contributed by atoms with E-state index in [1.54, 1.807) is 79.6 Å². The Labute approximate surface area is 193 Å². The zero-order chi connectivity index (χ0) is 23.8. The van der Waals surface area contributed by atoms with Gasteiger partial charge in [-0.2, -0.15) is 5.10 Å². The van der Waals surface area contributed by atoms with Crippen molar-refractivity contribution in [2.45, 2.75) is 13.3 Å². The molecule has 0 aliphatic carbocycles. The van der Waals surface area contributed by atoms with Crippen LogP contribution in [0.15, 0.2) is 78.5 Å². The lowest BCUT2D eigenvalue weighted by Gasteiger charge is -2.25. The summed E-state index contributed by atoms with van der Waals surface area (Å²) in [4.78, 5) is 28.0. The number of rotatable bonds is 9. The molecule has 33 heavy (non-hydrogen) atoms. The number of carbonyl (C=O) groups excluding carboxylic acids is 2. The molecule has 9 heteroatoms. The van der Waals surface area contributed by atoms with Crippen LogP contribution in [0, 0.1) is 5.92 Å². The Morgan fingerprint density at radius 3 is 2.30 bits per heavy atom. The van der Waals surface area contributed by atoms with Crippen molar-refractivity contribution in [1.82, 2.24) is 14.5 Å². The van der Waals surface area contributed by atoms with Gasteiger partial charge >= 0.3 is 0 Å². The third kappa shape index (κ3) is 6.63. The molecule has 3 rings (SSSR count). The Bertz CT molecular complexity index is 1220. The Morgan fingerprint density at radius 2 is 1.73 bits per heavy atom. The van der Waals surface area contributed by atoms with Crippen LogP contribution in [0.2, 0.25) is 0 Å². The molecule has 1 heterocycles. The zero-order valence-electron chi connectivity index (χ0n) is 18.5. The molecule has 172 valence electrons. The van der Waals surface area contributed by atoms with E-state index < -0.39 is 27.8 Å². The molecule has 0 saturated heterocycles. The Kier molecular flexibility index (Phi) is 7.78. The third-order valence-electron chi connectivity index (χ3n) is 4.94. The Hall–Kier alpha value is -3.72. The number of benzene rings is 2. The molecule has 2 aromatic carbocycles. The van der Waals surface area contributed by atoms with Crippen LogP contribution in [-0.2, 0) is 33.1 Å². The van der Waals surface area contributed by atoms with E-state index in [0.29, 0.717) is 23.4 Å². The maximum absolute atomic E-state index is 13.4. The largest absolute Gasteiger partial charge is 0.312 e. The SMILES string of the molecule is CCN(C(=O)C(Cc1cnn(C)c1)C(=O)NS(=O)(=O)/C=C/c1ccccc1)c1ccccc1. The van der Waals surface area contributed by atoms with Gasteiger partial charge in [0.1, 0.15) is 5.92 Å². The average Bonchev–Trinajstić information content (AvgIpc) is 3.22. The summed E-state index contributed by atoms with van der Waals surface area (Å²) < 4.78 is 28.7. The summed E-state index contributed by atoms with van der Waals surface area (Å²) >= 11 is 0. The van der Waals surface area contributed by atoms with E-state index in [2.05, 4.69) is 5.10 Å². The maximum Gasteiger partial charge on any atom is 0.257 e. The van der Waals surface area contributed by atoms with E-state index >= 15 is 0 Å². The van der Waals surface area contributed by atoms with Gasteiger partial charge in [-0.1, -0.05) is 48.5 Å². The number of para-hydroxylation sites is 1. The predicted octanol–water partition coefficient (Wildman–Crippen LogP) is 2.75. The van der Waals surface area contributed by atoms with Gasteiger partial charge in [-0.15, -0.1) is 0 Å². The number of hydrogen-bond donors (Lipinski definition) is 1. The van der Waals surface area contributed by atoms with E-state index in [4.69, 9.17) is 0 Å². The van der Waals surface area contributed by atoms with Crippen LogP contribution in [0.1, 0.15) is 18.1 Å². The first kappa shape index (κ1) is 23.9. The highest BCUT2D eigenvalue weighted by atomic mass is 32.2. The lowest BCUT2D eigenvalue weighted by atomic mass is 9.99. The van der Waals surface area contributed by atoms with Gasteiger partial charge in [-0.05, 0) is 42.7 Å². The standard InChI is InChI=1S/C24H26N4O4S/c1-3-28(21-12-8-5-9-13-21)24(30)22(16-20-17-25-27(2)18-20)23(29)26-33(31,32)15-14-19-10-6-4-7-11-19/h4-15,17-18,22H,3,16H2,1-2H3,(H,26,29)/b15-14+. The van der Waals surface area contributed by atoms with E-state index in [1.807, 2.05) is 16.9 Å². The minimum Gasteiger partial charge on any atom is -0.312 e. The lowest BCUT2D eigenvalue weighted by molar-refractivity contribution is -0.132. The van der Waals surface area contributed by atoms with Crippen molar-refractivity contribution < 1.29 is 18.0 Å². The summed E-state index contributed by atoms with van der Waals surface area (Å²) in [5, 5.41) is 5.00. The average molecular weight is 467 g/mol. The fourth-order valence-corrected chi connectivity index (χ4v) is 4.17. The molecule has 0 radical (unpaired) electrons. The van der Waals surface area contributed by atoms with Gasteiger partial charge in [0.2, 0.25) is 11.8 Å². The van der Waals surface area contributed by atoms with Crippen LogP contribution < -0.4 is 9.62 Å². The third-order valence-corrected chi connectivity index (χ3v) is 5.93. The van der Waals surface area contributed by atoms with E-state index in [1.165, 1.54) is 11.0 Å². The number of nitrogens with one attached hydrogen (secondary N) is 1. The molecule has 1 unspecified atom stereocenters. The summed E-state index contributed by atoms with van der Waals surface area (Å²) in [7, 11) is -2.39.